The van der Waals surface area contributed by atoms with Gasteiger partial charge in [0, 0.05) is 12.7 Å². The quantitative estimate of drug-likeness (QED) is 0.906. The molecule has 0 aromatic heterocycles. The van der Waals surface area contributed by atoms with Crippen LogP contribution in [0.2, 0.25) is 0 Å². The number of benzene rings is 1. The molecule has 0 unspecified atom stereocenters. The van der Waals surface area contributed by atoms with Gasteiger partial charge in [0.25, 0.3) is 0 Å². The molecular weight excluding hydrogens is 253 g/mol. The molecule has 1 aliphatic heterocycles. The predicted molar refractivity (Wildman–Crippen MR) is 70.5 cm³/mol. The number of hydrogen-bond donors (Lipinski definition) is 1. The third-order valence-electron chi connectivity index (χ3n) is 3.66. The van der Waals surface area contributed by atoms with Crippen LogP contribution >= 0.6 is 0 Å². The van der Waals surface area contributed by atoms with E-state index in [1.807, 2.05) is 19.2 Å². The molecular formula is C14H19F3N2. The number of piperidine rings is 1. The molecule has 0 spiro atoms. The summed E-state index contributed by atoms with van der Waals surface area (Å²) in [4.78, 5) is 1.50. The van der Waals surface area contributed by atoms with E-state index in [4.69, 9.17) is 0 Å². The summed E-state index contributed by atoms with van der Waals surface area (Å²) >= 11 is 0. The number of rotatable bonds is 3. The van der Waals surface area contributed by atoms with Crippen molar-refractivity contribution in [1.29, 1.82) is 0 Å². The average Bonchev–Trinajstić information content (AvgIpc) is 2.38. The van der Waals surface area contributed by atoms with E-state index in [0.29, 0.717) is 19.0 Å². The molecule has 0 radical (unpaired) electrons. The molecule has 0 amide bonds. The van der Waals surface area contributed by atoms with Crippen molar-refractivity contribution in [3.05, 3.63) is 29.8 Å². The van der Waals surface area contributed by atoms with Crippen molar-refractivity contribution < 1.29 is 13.2 Å². The Morgan fingerprint density at radius 1 is 1.16 bits per heavy atom. The number of alkyl halides is 3. The minimum Gasteiger partial charge on any atom is -0.388 e. The van der Waals surface area contributed by atoms with Crippen LogP contribution in [0, 0.1) is 0 Å². The maximum absolute atomic E-state index is 12.3. The fourth-order valence-corrected chi connectivity index (χ4v) is 2.60. The molecule has 1 fully saturated rings. The summed E-state index contributed by atoms with van der Waals surface area (Å²) in [6.07, 6.45) is -2.48. The second-order valence-electron chi connectivity index (χ2n) is 5.04. The number of hydrogen-bond acceptors (Lipinski definition) is 2. The first-order valence-electron chi connectivity index (χ1n) is 6.55. The van der Waals surface area contributed by atoms with Crippen LogP contribution in [0.5, 0.6) is 0 Å². The van der Waals surface area contributed by atoms with Crippen LogP contribution in [0.3, 0.4) is 0 Å². The lowest BCUT2D eigenvalue weighted by atomic mass is 9.89. The van der Waals surface area contributed by atoms with Crippen LogP contribution in [0.4, 0.5) is 18.9 Å². The summed E-state index contributed by atoms with van der Waals surface area (Å²) in [5, 5.41) is 3.06. The number of anilines is 1. The fourth-order valence-electron chi connectivity index (χ4n) is 2.60. The molecule has 0 atom stereocenters. The highest BCUT2D eigenvalue weighted by Gasteiger charge is 2.32. The van der Waals surface area contributed by atoms with Gasteiger partial charge in [-0.05, 0) is 49.5 Å². The standard InChI is InChI=1S/C14H19F3N2/c1-18-13-4-2-11(3-5-13)12-6-8-19(9-7-12)10-14(15,16)17/h2-5,12,18H,6-10H2,1H3. The van der Waals surface area contributed by atoms with E-state index in [1.165, 1.54) is 10.5 Å². The second-order valence-corrected chi connectivity index (χ2v) is 5.04. The highest BCUT2D eigenvalue weighted by atomic mass is 19.4. The summed E-state index contributed by atoms with van der Waals surface area (Å²) in [5.41, 5.74) is 2.28. The van der Waals surface area contributed by atoms with Crippen molar-refractivity contribution in [1.82, 2.24) is 4.90 Å². The SMILES string of the molecule is CNc1ccc(C2CCN(CC(F)(F)F)CC2)cc1. The number of halogens is 3. The average molecular weight is 272 g/mol. The van der Waals surface area contributed by atoms with Crippen LogP contribution in [0.1, 0.15) is 24.3 Å². The molecule has 0 aliphatic carbocycles. The zero-order valence-electron chi connectivity index (χ0n) is 11.0. The minimum atomic E-state index is -4.08. The summed E-state index contributed by atoms with van der Waals surface area (Å²) < 4.78 is 36.9. The molecule has 1 aromatic carbocycles. The lowest BCUT2D eigenvalue weighted by Crippen LogP contribution is -2.39. The smallest absolute Gasteiger partial charge is 0.388 e. The Kier molecular flexibility index (Phi) is 4.34. The molecule has 0 bridgehead atoms. The first-order valence-corrected chi connectivity index (χ1v) is 6.55. The van der Waals surface area contributed by atoms with Crippen molar-refractivity contribution in [3.8, 4) is 0 Å². The molecule has 1 aliphatic rings. The van der Waals surface area contributed by atoms with E-state index < -0.39 is 12.7 Å². The minimum absolute atomic E-state index is 0.385. The van der Waals surface area contributed by atoms with Crippen molar-refractivity contribution >= 4 is 5.69 Å². The van der Waals surface area contributed by atoms with Gasteiger partial charge >= 0.3 is 6.18 Å². The summed E-state index contributed by atoms with van der Waals surface area (Å²) in [6.45, 7) is 0.272. The monoisotopic (exact) mass is 272 g/mol. The van der Waals surface area contributed by atoms with Gasteiger partial charge in [-0.3, -0.25) is 4.90 Å². The Morgan fingerprint density at radius 2 is 1.74 bits per heavy atom. The molecule has 106 valence electrons. The second kappa shape index (κ2) is 5.82. The number of nitrogens with zero attached hydrogens (tertiary/aromatic N) is 1. The Labute approximate surface area is 111 Å². The maximum atomic E-state index is 12.3. The van der Waals surface area contributed by atoms with E-state index in [2.05, 4.69) is 17.4 Å². The van der Waals surface area contributed by atoms with Crippen molar-refractivity contribution in [2.75, 3.05) is 32.0 Å². The highest BCUT2D eigenvalue weighted by molar-refractivity contribution is 5.44. The lowest BCUT2D eigenvalue weighted by Gasteiger charge is -2.32. The van der Waals surface area contributed by atoms with Crippen molar-refractivity contribution in [3.63, 3.8) is 0 Å². The molecule has 2 rings (SSSR count). The van der Waals surface area contributed by atoms with E-state index in [1.54, 1.807) is 0 Å². The van der Waals surface area contributed by atoms with E-state index in [-0.39, 0.29) is 0 Å². The van der Waals surface area contributed by atoms with Gasteiger partial charge in [-0.1, -0.05) is 12.1 Å². The number of likely N-dealkylation sites (tertiary alicyclic amines) is 1. The lowest BCUT2D eigenvalue weighted by molar-refractivity contribution is -0.147. The van der Waals surface area contributed by atoms with Gasteiger partial charge < -0.3 is 5.32 Å². The Balaban J connectivity index is 1.88. The largest absolute Gasteiger partial charge is 0.401 e. The molecule has 0 saturated carbocycles. The van der Waals surface area contributed by atoms with E-state index in [9.17, 15) is 13.2 Å². The van der Waals surface area contributed by atoms with Gasteiger partial charge in [0.1, 0.15) is 0 Å². The van der Waals surface area contributed by atoms with Gasteiger partial charge in [-0.15, -0.1) is 0 Å². The third-order valence-corrected chi connectivity index (χ3v) is 3.66. The van der Waals surface area contributed by atoms with Crippen LogP contribution in [0.15, 0.2) is 24.3 Å². The molecule has 5 heteroatoms. The van der Waals surface area contributed by atoms with Gasteiger partial charge in [0.15, 0.2) is 0 Å². The van der Waals surface area contributed by atoms with Crippen LogP contribution < -0.4 is 5.32 Å². The Bertz CT molecular complexity index is 392. The highest BCUT2D eigenvalue weighted by Crippen LogP contribution is 2.30. The maximum Gasteiger partial charge on any atom is 0.401 e. The van der Waals surface area contributed by atoms with Crippen molar-refractivity contribution in [2.45, 2.75) is 24.9 Å². The van der Waals surface area contributed by atoms with Crippen LogP contribution in [0.25, 0.3) is 0 Å². The topological polar surface area (TPSA) is 15.3 Å². The van der Waals surface area contributed by atoms with E-state index in [0.717, 1.165) is 18.5 Å². The molecule has 2 nitrogen and oxygen atoms in total. The normalized spacial score (nSPS) is 18.5. The molecule has 1 heterocycles. The Morgan fingerprint density at radius 3 is 2.21 bits per heavy atom. The van der Waals surface area contributed by atoms with Gasteiger partial charge in [0.05, 0.1) is 6.54 Å². The number of nitrogens with one attached hydrogen (secondary N) is 1. The third kappa shape index (κ3) is 4.13. The van der Waals surface area contributed by atoms with Gasteiger partial charge in [-0.2, -0.15) is 13.2 Å². The first kappa shape index (κ1) is 14.2. The van der Waals surface area contributed by atoms with Crippen LogP contribution in [-0.2, 0) is 0 Å². The van der Waals surface area contributed by atoms with Crippen molar-refractivity contribution in [2.24, 2.45) is 0 Å². The zero-order chi connectivity index (χ0) is 13.9. The fraction of sp³-hybridized carbons (Fsp3) is 0.571. The molecule has 1 saturated heterocycles. The van der Waals surface area contributed by atoms with Gasteiger partial charge in [0.2, 0.25) is 0 Å². The predicted octanol–water partition coefficient (Wildman–Crippen LogP) is 3.47. The first-order chi connectivity index (χ1) is 8.98. The van der Waals surface area contributed by atoms with Gasteiger partial charge in [-0.25, -0.2) is 0 Å². The summed E-state index contributed by atoms with van der Waals surface area (Å²) in [5.74, 6) is 0.385. The molecule has 1 N–H and O–H groups in total. The molecule has 19 heavy (non-hydrogen) atoms. The molecule has 1 aromatic rings. The summed E-state index contributed by atoms with van der Waals surface area (Å²) in [6, 6.07) is 8.15. The van der Waals surface area contributed by atoms with Crippen LogP contribution in [-0.4, -0.2) is 37.8 Å². The Hall–Kier alpha value is -1.23. The zero-order valence-corrected chi connectivity index (χ0v) is 11.0. The summed E-state index contributed by atoms with van der Waals surface area (Å²) in [7, 11) is 1.87. The van der Waals surface area contributed by atoms with E-state index >= 15 is 0 Å².